The van der Waals surface area contributed by atoms with Gasteiger partial charge < -0.3 is 20.5 Å². The zero-order valence-corrected chi connectivity index (χ0v) is 17.2. The number of rotatable bonds is 6. The van der Waals surface area contributed by atoms with E-state index in [4.69, 9.17) is 4.74 Å². The Kier molecular flexibility index (Phi) is 7.06. The zero-order valence-electron chi connectivity index (χ0n) is 17.2. The Hall–Kier alpha value is -2.30. The molecule has 32 heavy (non-hydrogen) atoms. The van der Waals surface area contributed by atoms with Crippen LogP contribution in [0, 0.1) is 0 Å². The van der Waals surface area contributed by atoms with Crippen molar-refractivity contribution in [3.05, 3.63) is 65.2 Å². The van der Waals surface area contributed by atoms with Crippen LogP contribution >= 0.6 is 0 Å². The molecule has 0 aliphatic carbocycles. The Morgan fingerprint density at radius 2 is 1.69 bits per heavy atom. The van der Waals surface area contributed by atoms with E-state index in [1.165, 1.54) is 7.11 Å². The Balaban J connectivity index is 1.89. The van der Waals surface area contributed by atoms with Crippen LogP contribution in [0.3, 0.4) is 0 Å². The molecule has 0 aromatic heterocycles. The van der Waals surface area contributed by atoms with E-state index in [0.717, 1.165) is 31.0 Å². The highest BCUT2D eigenvalue weighted by Crippen LogP contribution is 2.50. The molecule has 1 aliphatic heterocycles. The maximum Gasteiger partial charge on any atom is 0.430 e. The molecule has 4 nitrogen and oxygen atoms in total. The van der Waals surface area contributed by atoms with Gasteiger partial charge in [0.25, 0.3) is 5.60 Å². The third-order valence-corrected chi connectivity index (χ3v) is 5.69. The maximum atomic E-state index is 13.3. The summed E-state index contributed by atoms with van der Waals surface area (Å²) in [4.78, 5) is 0. The van der Waals surface area contributed by atoms with Gasteiger partial charge in [0.05, 0.1) is 7.11 Å². The predicted octanol–water partition coefficient (Wildman–Crippen LogP) is 4.59. The number of methoxy groups -OCH3 is 1. The zero-order chi connectivity index (χ0) is 23.6. The highest BCUT2D eigenvalue weighted by Gasteiger charge is 2.71. The van der Waals surface area contributed by atoms with Crippen molar-refractivity contribution in [2.75, 3.05) is 13.7 Å². The van der Waals surface area contributed by atoms with E-state index in [1.54, 1.807) is 0 Å². The third-order valence-electron chi connectivity index (χ3n) is 5.69. The molecule has 1 fully saturated rings. The third kappa shape index (κ3) is 4.72. The van der Waals surface area contributed by atoms with Crippen molar-refractivity contribution in [1.29, 1.82) is 0 Å². The van der Waals surface area contributed by atoms with E-state index in [0.29, 0.717) is 12.1 Å². The van der Waals surface area contributed by atoms with E-state index >= 15 is 0 Å². The highest BCUT2D eigenvalue weighted by atomic mass is 19.4. The molecule has 3 rings (SSSR count). The van der Waals surface area contributed by atoms with Crippen LogP contribution in [0.15, 0.2) is 48.5 Å². The smallest absolute Gasteiger partial charge is 0.430 e. The number of aliphatic hydroxyl groups is 1. The van der Waals surface area contributed by atoms with Crippen molar-refractivity contribution < 1.29 is 36.2 Å². The summed E-state index contributed by atoms with van der Waals surface area (Å²) in [7, 11) is 1.27. The average molecular weight is 462 g/mol. The van der Waals surface area contributed by atoms with Gasteiger partial charge in [-0.05, 0) is 37.1 Å². The molecular formula is C22H24F6N2O2. The van der Waals surface area contributed by atoms with Crippen molar-refractivity contribution in [2.45, 2.75) is 49.4 Å². The van der Waals surface area contributed by atoms with Crippen LogP contribution in [-0.2, 0) is 12.1 Å². The highest BCUT2D eigenvalue weighted by molar-refractivity contribution is 5.41. The lowest BCUT2D eigenvalue weighted by Crippen LogP contribution is -2.54. The second-order valence-corrected chi connectivity index (χ2v) is 7.70. The molecule has 0 spiro atoms. The number of piperidine rings is 1. The first kappa shape index (κ1) is 24.3. The Morgan fingerprint density at radius 1 is 1.03 bits per heavy atom. The van der Waals surface area contributed by atoms with Gasteiger partial charge in [0.1, 0.15) is 5.75 Å². The Bertz CT molecular complexity index is 888. The molecule has 176 valence electrons. The van der Waals surface area contributed by atoms with Crippen LogP contribution in [0.25, 0.3) is 0 Å². The molecule has 2 aromatic carbocycles. The lowest BCUT2D eigenvalue weighted by Gasteiger charge is -2.34. The van der Waals surface area contributed by atoms with Gasteiger partial charge in [-0.15, -0.1) is 0 Å². The van der Waals surface area contributed by atoms with Gasteiger partial charge in [-0.25, -0.2) is 0 Å². The van der Waals surface area contributed by atoms with Crippen molar-refractivity contribution in [1.82, 2.24) is 10.6 Å². The minimum absolute atomic E-state index is 0.0432. The van der Waals surface area contributed by atoms with Gasteiger partial charge in [0.15, 0.2) is 0 Å². The SMILES string of the molecule is COc1ccc(C(O)(C(F)(F)F)C(F)(F)F)cc1CN[C@H]1CCCN[C@H]1c1ccccc1. The minimum atomic E-state index is -5.95. The van der Waals surface area contributed by atoms with Crippen molar-refractivity contribution in [2.24, 2.45) is 0 Å². The fourth-order valence-electron chi connectivity index (χ4n) is 3.99. The quantitative estimate of drug-likeness (QED) is 0.550. The first-order chi connectivity index (χ1) is 15.0. The molecule has 10 heteroatoms. The summed E-state index contributed by atoms with van der Waals surface area (Å²) < 4.78 is 84.9. The lowest BCUT2D eigenvalue weighted by molar-refractivity contribution is -0.376. The summed E-state index contributed by atoms with van der Waals surface area (Å²) in [5.41, 5.74) is -5.19. The van der Waals surface area contributed by atoms with Gasteiger partial charge in [0, 0.05) is 29.8 Å². The van der Waals surface area contributed by atoms with Crippen molar-refractivity contribution in [3.8, 4) is 5.75 Å². The standard InChI is InChI=1S/C22H24F6N2O2/c1-32-18-10-9-16(20(31,21(23,24)25)22(26,27)28)12-15(18)13-30-17-8-5-11-29-19(17)14-6-3-2-4-7-14/h2-4,6-7,9-10,12,17,19,29-31H,5,8,11,13H2,1H3/t17-,19-/m0/s1. The largest absolute Gasteiger partial charge is 0.496 e. The van der Waals surface area contributed by atoms with Crippen LogP contribution < -0.4 is 15.4 Å². The molecule has 1 saturated heterocycles. The molecular weight excluding hydrogens is 438 g/mol. The first-order valence-corrected chi connectivity index (χ1v) is 10.0. The lowest BCUT2D eigenvalue weighted by atomic mass is 9.90. The maximum absolute atomic E-state index is 13.3. The summed E-state index contributed by atoms with van der Waals surface area (Å²) >= 11 is 0. The number of hydrogen-bond acceptors (Lipinski definition) is 4. The fourth-order valence-corrected chi connectivity index (χ4v) is 3.99. The number of hydrogen-bond donors (Lipinski definition) is 3. The van der Waals surface area contributed by atoms with Crippen LogP contribution in [-0.4, -0.2) is 37.2 Å². The second kappa shape index (κ2) is 9.29. The monoisotopic (exact) mass is 462 g/mol. The van der Waals surface area contributed by atoms with Gasteiger partial charge in [-0.1, -0.05) is 36.4 Å². The van der Waals surface area contributed by atoms with Gasteiger partial charge in [0.2, 0.25) is 0 Å². The molecule has 0 radical (unpaired) electrons. The topological polar surface area (TPSA) is 53.5 Å². The first-order valence-electron chi connectivity index (χ1n) is 10.0. The number of nitrogens with one attached hydrogen (secondary N) is 2. The average Bonchev–Trinajstić information content (AvgIpc) is 2.76. The van der Waals surface area contributed by atoms with Gasteiger partial charge in [-0.2, -0.15) is 26.3 Å². The Labute approximate surface area is 181 Å². The molecule has 0 bridgehead atoms. The number of halogens is 6. The van der Waals surface area contributed by atoms with E-state index in [2.05, 4.69) is 10.6 Å². The molecule has 0 unspecified atom stereocenters. The van der Waals surface area contributed by atoms with E-state index in [9.17, 15) is 31.4 Å². The van der Waals surface area contributed by atoms with E-state index in [1.807, 2.05) is 30.3 Å². The Morgan fingerprint density at radius 3 is 2.28 bits per heavy atom. The second-order valence-electron chi connectivity index (χ2n) is 7.70. The molecule has 0 amide bonds. The molecule has 2 aromatic rings. The van der Waals surface area contributed by atoms with Crippen molar-refractivity contribution in [3.63, 3.8) is 0 Å². The van der Waals surface area contributed by atoms with Gasteiger partial charge in [-0.3, -0.25) is 0 Å². The summed E-state index contributed by atoms with van der Waals surface area (Å²) in [5, 5.41) is 16.4. The van der Waals surface area contributed by atoms with Gasteiger partial charge >= 0.3 is 12.4 Å². The molecule has 2 atom stereocenters. The van der Waals surface area contributed by atoms with Crippen LogP contribution in [0.4, 0.5) is 26.3 Å². The normalized spacial score (nSPS) is 20.2. The van der Waals surface area contributed by atoms with Crippen LogP contribution in [0.5, 0.6) is 5.75 Å². The number of benzene rings is 2. The molecule has 1 aliphatic rings. The summed E-state index contributed by atoms with van der Waals surface area (Å²) in [5.74, 6) is 0.118. The van der Waals surface area contributed by atoms with E-state index in [-0.39, 0.29) is 29.9 Å². The predicted molar refractivity (Wildman–Crippen MR) is 106 cm³/mol. The van der Waals surface area contributed by atoms with Crippen LogP contribution in [0.2, 0.25) is 0 Å². The summed E-state index contributed by atoms with van der Waals surface area (Å²) in [6, 6.07) is 11.7. The van der Waals surface area contributed by atoms with Crippen LogP contribution in [0.1, 0.15) is 35.6 Å². The molecule has 0 saturated carbocycles. The molecule has 3 N–H and O–H groups in total. The van der Waals surface area contributed by atoms with E-state index < -0.39 is 23.5 Å². The summed E-state index contributed by atoms with van der Waals surface area (Å²) in [6.45, 7) is 0.749. The fraction of sp³-hybridized carbons (Fsp3) is 0.455. The minimum Gasteiger partial charge on any atom is -0.496 e. The summed E-state index contributed by atoms with van der Waals surface area (Å²) in [6.07, 6.45) is -10.3. The number of ether oxygens (including phenoxy) is 1. The molecule has 1 heterocycles. The number of alkyl halides is 6. The van der Waals surface area contributed by atoms with Crippen molar-refractivity contribution >= 4 is 0 Å².